The highest BCUT2D eigenvalue weighted by atomic mass is 35.5. The summed E-state index contributed by atoms with van der Waals surface area (Å²) in [6, 6.07) is 10.8. The Kier molecular flexibility index (Phi) is 10.0. The van der Waals surface area contributed by atoms with E-state index in [1.54, 1.807) is 37.8 Å². The van der Waals surface area contributed by atoms with Gasteiger partial charge in [0.25, 0.3) is 5.91 Å². The minimum Gasteiger partial charge on any atom is -0.483 e. The van der Waals surface area contributed by atoms with Crippen molar-refractivity contribution < 1.29 is 31.9 Å². The number of piperazine rings is 1. The summed E-state index contributed by atoms with van der Waals surface area (Å²) in [5.41, 5.74) is 0.251. The second kappa shape index (κ2) is 12.7. The van der Waals surface area contributed by atoms with Crippen molar-refractivity contribution >= 4 is 33.8 Å². The van der Waals surface area contributed by atoms with Crippen molar-refractivity contribution in [3.05, 3.63) is 64.4 Å². The fraction of sp³-hybridized carbons (Fsp3) is 0.481. The Balaban J connectivity index is 1.68. The van der Waals surface area contributed by atoms with Crippen molar-refractivity contribution in [3.63, 3.8) is 0 Å². The lowest BCUT2D eigenvalue weighted by Gasteiger charge is -2.44. The SMILES string of the molecule is C[C@@H]1CN(Cc2ccc(F)cc2)[C@@H](C)CN1C(=O)COc1ccc(Cl)cc1CN(C(=O)OC(C)(C)C)S(N)(=O)=O. The zero-order valence-electron chi connectivity index (χ0n) is 23.3. The van der Waals surface area contributed by atoms with Crippen molar-refractivity contribution in [3.8, 4) is 5.75 Å². The van der Waals surface area contributed by atoms with Crippen molar-refractivity contribution in [2.75, 3.05) is 19.7 Å². The number of hydrogen-bond donors (Lipinski definition) is 1. The standard InChI is InChI=1S/C27H36ClFN4O6S/c1-18-14-32(19(2)13-31(18)15-20-6-9-23(29)10-7-20)25(34)17-38-24-11-8-22(28)12-21(24)16-33(40(30,36)37)26(35)39-27(3,4)5/h6-12,18-19H,13-17H2,1-5H3,(H2,30,36,37)/t18-,19+/m0/s1. The van der Waals surface area contributed by atoms with Crippen molar-refractivity contribution in [2.24, 2.45) is 5.14 Å². The molecule has 2 aromatic rings. The molecule has 0 bridgehead atoms. The summed E-state index contributed by atoms with van der Waals surface area (Å²) in [5.74, 6) is -0.366. The molecular formula is C27H36ClFN4O6S. The Morgan fingerprint density at radius 3 is 2.35 bits per heavy atom. The molecule has 0 aromatic heterocycles. The molecule has 13 heteroatoms. The van der Waals surface area contributed by atoms with Crippen LogP contribution < -0.4 is 9.88 Å². The van der Waals surface area contributed by atoms with Gasteiger partial charge in [0.15, 0.2) is 6.61 Å². The van der Waals surface area contributed by atoms with Gasteiger partial charge in [-0.15, -0.1) is 0 Å². The van der Waals surface area contributed by atoms with E-state index >= 15 is 0 Å². The van der Waals surface area contributed by atoms with Crippen molar-refractivity contribution in [1.82, 2.24) is 14.1 Å². The quantitative estimate of drug-likeness (QED) is 0.489. The van der Waals surface area contributed by atoms with E-state index in [0.29, 0.717) is 23.9 Å². The molecule has 1 aliphatic heterocycles. The molecular weight excluding hydrogens is 563 g/mol. The molecule has 1 fully saturated rings. The van der Waals surface area contributed by atoms with Gasteiger partial charge >= 0.3 is 16.3 Å². The van der Waals surface area contributed by atoms with Crippen molar-refractivity contribution in [2.45, 2.75) is 65.4 Å². The first-order chi connectivity index (χ1) is 18.5. The molecule has 3 rings (SSSR count). The highest BCUT2D eigenvalue weighted by Crippen LogP contribution is 2.27. The van der Waals surface area contributed by atoms with Crippen LogP contribution in [0.2, 0.25) is 5.02 Å². The van der Waals surface area contributed by atoms with Gasteiger partial charge in [-0.2, -0.15) is 12.7 Å². The van der Waals surface area contributed by atoms with Gasteiger partial charge < -0.3 is 14.4 Å². The fourth-order valence-electron chi connectivity index (χ4n) is 4.35. The first-order valence-electron chi connectivity index (χ1n) is 12.8. The Labute approximate surface area is 239 Å². The third-order valence-electron chi connectivity index (χ3n) is 6.33. The van der Waals surface area contributed by atoms with E-state index in [2.05, 4.69) is 4.90 Å². The monoisotopic (exact) mass is 598 g/mol. The number of hydrogen-bond acceptors (Lipinski definition) is 7. The highest BCUT2D eigenvalue weighted by Gasteiger charge is 2.33. The minimum absolute atomic E-state index is 0.0495. The summed E-state index contributed by atoms with van der Waals surface area (Å²) in [4.78, 5) is 29.7. The number of nitrogens with zero attached hydrogens (tertiary/aromatic N) is 3. The summed E-state index contributed by atoms with van der Waals surface area (Å²) in [6.45, 7) is 9.65. The molecule has 0 spiro atoms. The van der Waals surface area contributed by atoms with E-state index in [1.807, 2.05) is 13.8 Å². The predicted octanol–water partition coefficient (Wildman–Crippen LogP) is 3.92. The third kappa shape index (κ3) is 8.79. The van der Waals surface area contributed by atoms with Gasteiger partial charge in [0.05, 0.1) is 6.54 Å². The normalized spacial score (nSPS) is 18.4. The van der Waals surface area contributed by atoms with Crippen LogP contribution in [-0.2, 0) is 32.8 Å². The van der Waals surface area contributed by atoms with Crippen LogP contribution in [0.4, 0.5) is 9.18 Å². The van der Waals surface area contributed by atoms with E-state index in [-0.39, 0.29) is 46.8 Å². The van der Waals surface area contributed by atoms with Gasteiger partial charge in [0.1, 0.15) is 17.2 Å². The number of ether oxygens (including phenoxy) is 2. The molecule has 1 aliphatic rings. The number of amides is 2. The summed E-state index contributed by atoms with van der Waals surface area (Å²) in [5, 5.41) is 5.56. The average molecular weight is 599 g/mol. The van der Waals surface area contributed by atoms with Gasteiger partial charge in [-0.05, 0) is 70.5 Å². The van der Waals surface area contributed by atoms with Crippen LogP contribution in [0.3, 0.4) is 0 Å². The van der Waals surface area contributed by atoms with Gasteiger partial charge in [-0.25, -0.2) is 14.3 Å². The first kappa shape index (κ1) is 31.6. The Morgan fingerprint density at radius 2 is 1.75 bits per heavy atom. The fourth-order valence-corrected chi connectivity index (χ4v) is 5.11. The maximum atomic E-state index is 13.3. The van der Waals surface area contributed by atoms with Crippen LogP contribution in [0.1, 0.15) is 45.7 Å². The van der Waals surface area contributed by atoms with E-state index in [0.717, 1.165) is 5.56 Å². The zero-order valence-corrected chi connectivity index (χ0v) is 24.8. The molecule has 0 aliphatic carbocycles. The van der Waals surface area contributed by atoms with Crippen molar-refractivity contribution in [1.29, 1.82) is 0 Å². The number of nitrogens with two attached hydrogens (primary N) is 1. The average Bonchev–Trinajstić information content (AvgIpc) is 2.83. The molecule has 40 heavy (non-hydrogen) atoms. The number of carbonyl (C=O) groups excluding carboxylic acids is 2. The largest absolute Gasteiger partial charge is 0.483 e. The molecule has 2 atom stereocenters. The van der Waals surface area contributed by atoms with Crippen LogP contribution in [-0.4, -0.2) is 71.9 Å². The maximum absolute atomic E-state index is 13.3. The molecule has 0 saturated carbocycles. The lowest BCUT2D eigenvalue weighted by molar-refractivity contribution is -0.139. The summed E-state index contributed by atoms with van der Waals surface area (Å²) in [6.07, 6.45) is -1.15. The second-order valence-corrected chi connectivity index (χ2v) is 12.8. The Morgan fingerprint density at radius 1 is 1.10 bits per heavy atom. The third-order valence-corrected chi connectivity index (χ3v) is 7.45. The molecule has 1 heterocycles. The number of rotatable bonds is 8. The molecule has 2 N–H and O–H groups in total. The van der Waals surface area contributed by atoms with E-state index < -0.39 is 28.4 Å². The summed E-state index contributed by atoms with van der Waals surface area (Å²) >= 11 is 6.13. The van der Waals surface area contributed by atoms with Crippen LogP contribution >= 0.6 is 11.6 Å². The highest BCUT2D eigenvalue weighted by molar-refractivity contribution is 7.87. The van der Waals surface area contributed by atoms with Crippen LogP contribution in [0.5, 0.6) is 5.75 Å². The maximum Gasteiger partial charge on any atom is 0.425 e. The first-order valence-corrected chi connectivity index (χ1v) is 14.6. The number of carbonyl (C=O) groups is 2. The van der Waals surface area contributed by atoms with Crippen LogP contribution in [0.25, 0.3) is 0 Å². The van der Waals surface area contributed by atoms with Gasteiger partial charge in [-0.1, -0.05) is 23.7 Å². The Hall–Kier alpha value is -2.93. The lowest BCUT2D eigenvalue weighted by atomic mass is 10.1. The molecule has 220 valence electrons. The lowest BCUT2D eigenvalue weighted by Crippen LogP contribution is -2.58. The molecule has 0 radical (unpaired) electrons. The Bertz CT molecular complexity index is 1320. The van der Waals surface area contributed by atoms with Crippen LogP contribution in [0.15, 0.2) is 42.5 Å². The molecule has 0 unspecified atom stereocenters. The molecule has 1 saturated heterocycles. The summed E-state index contributed by atoms with van der Waals surface area (Å²) < 4.78 is 49.0. The zero-order chi connectivity index (χ0) is 29.8. The predicted molar refractivity (Wildman–Crippen MR) is 149 cm³/mol. The van der Waals surface area contributed by atoms with Crippen LogP contribution in [0, 0.1) is 5.82 Å². The van der Waals surface area contributed by atoms with Gasteiger partial charge in [0.2, 0.25) is 0 Å². The minimum atomic E-state index is -4.49. The number of benzene rings is 2. The van der Waals surface area contributed by atoms with E-state index in [1.165, 1.54) is 30.3 Å². The van der Waals surface area contributed by atoms with E-state index in [4.69, 9.17) is 26.2 Å². The van der Waals surface area contributed by atoms with Gasteiger partial charge in [0, 0.05) is 42.3 Å². The second-order valence-electron chi connectivity index (χ2n) is 10.9. The topological polar surface area (TPSA) is 122 Å². The summed E-state index contributed by atoms with van der Waals surface area (Å²) in [7, 11) is -4.49. The van der Waals surface area contributed by atoms with E-state index in [9.17, 15) is 22.4 Å². The molecule has 2 amide bonds. The molecule has 10 nitrogen and oxygen atoms in total. The smallest absolute Gasteiger partial charge is 0.425 e. The number of halogens is 2. The molecule has 2 aromatic carbocycles. The van der Waals surface area contributed by atoms with Gasteiger partial charge in [-0.3, -0.25) is 9.69 Å².